The Morgan fingerprint density at radius 2 is 0.875 bits per heavy atom. The number of Topliss-reactive ketones (excluding diaryl/α,β-unsaturated/α-hetero) is 9. The van der Waals surface area contributed by atoms with Crippen LogP contribution in [0.5, 0.6) is 17.2 Å². The lowest BCUT2D eigenvalue weighted by atomic mass is 9.61. The van der Waals surface area contributed by atoms with Crippen LogP contribution in [0.2, 0.25) is 0 Å². The van der Waals surface area contributed by atoms with Crippen LogP contribution in [0.15, 0.2) is 0 Å². The lowest BCUT2D eigenvalue weighted by Crippen LogP contribution is -2.56. The van der Waals surface area contributed by atoms with E-state index in [1.54, 1.807) is 20.8 Å². The van der Waals surface area contributed by atoms with Gasteiger partial charge < -0.3 is 15.3 Å². The van der Waals surface area contributed by atoms with Gasteiger partial charge in [-0.15, -0.1) is 0 Å². The molecule has 4 atom stereocenters. The molecule has 3 N–H and O–H groups in total. The van der Waals surface area contributed by atoms with Gasteiger partial charge in [-0.25, -0.2) is 0 Å². The third kappa shape index (κ3) is 6.28. The summed E-state index contributed by atoms with van der Waals surface area (Å²) in [5.74, 6) is -17.6. The molecule has 0 heterocycles. The minimum atomic E-state index is -1.79. The van der Waals surface area contributed by atoms with Crippen LogP contribution in [0.25, 0.3) is 0 Å². The highest BCUT2D eigenvalue weighted by Crippen LogP contribution is 2.48. The Morgan fingerprint density at radius 3 is 1.19 bits per heavy atom. The van der Waals surface area contributed by atoms with E-state index < -0.39 is 133 Å². The van der Waals surface area contributed by atoms with Crippen LogP contribution in [0.3, 0.4) is 0 Å². The molecule has 12 nitrogen and oxygen atoms in total. The van der Waals surface area contributed by atoms with Crippen molar-refractivity contribution >= 4 is 52.0 Å². The van der Waals surface area contributed by atoms with Crippen LogP contribution in [-0.2, 0) is 51.2 Å². The molecule has 1 aromatic rings. The first-order chi connectivity index (χ1) is 22.2. The Labute approximate surface area is 278 Å². The van der Waals surface area contributed by atoms with Crippen LogP contribution in [0, 0.1) is 34.5 Å². The molecule has 0 amide bonds. The summed E-state index contributed by atoms with van der Waals surface area (Å²) in [7, 11) is 0. The van der Waals surface area contributed by atoms with E-state index in [4.69, 9.17) is 0 Å². The predicted molar refractivity (Wildman–Crippen MR) is 169 cm³/mol. The summed E-state index contributed by atoms with van der Waals surface area (Å²) in [6, 6.07) is 0. The van der Waals surface area contributed by atoms with E-state index in [2.05, 4.69) is 0 Å². The average Bonchev–Trinajstić information content (AvgIpc) is 2.99. The van der Waals surface area contributed by atoms with E-state index in [1.165, 1.54) is 27.7 Å². The molecule has 3 rings (SSSR count). The topological polar surface area (TPSA) is 214 Å². The number of phenolic OH excluding ortho intramolecular Hbond substituents is 3. The van der Waals surface area contributed by atoms with Gasteiger partial charge in [-0.1, -0.05) is 20.8 Å². The molecule has 0 spiro atoms. The molecule has 260 valence electrons. The molecule has 0 aliphatic heterocycles. The van der Waals surface area contributed by atoms with Crippen molar-refractivity contribution in [3.63, 3.8) is 0 Å². The van der Waals surface area contributed by atoms with Crippen molar-refractivity contribution < 1.29 is 58.5 Å². The summed E-state index contributed by atoms with van der Waals surface area (Å²) in [6.07, 6.45) is -1.07. The molecule has 0 radical (unpaired) electrons. The fourth-order valence-electron chi connectivity index (χ4n) is 6.76. The van der Waals surface area contributed by atoms with Crippen molar-refractivity contribution in [2.45, 2.75) is 99.8 Å². The zero-order valence-electron chi connectivity index (χ0n) is 28.5. The van der Waals surface area contributed by atoms with Crippen LogP contribution in [0.1, 0.15) is 108 Å². The summed E-state index contributed by atoms with van der Waals surface area (Å²) in [5, 5.41) is 34.1. The lowest BCUT2D eigenvalue weighted by Gasteiger charge is -2.36. The molecule has 2 aliphatic rings. The van der Waals surface area contributed by atoms with Crippen molar-refractivity contribution in [2.75, 3.05) is 0 Å². The molecular formula is C36H44O12. The number of hydrogen-bond donors (Lipinski definition) is 3. The van der Waals surface area contributed by atoms with Gasteiger partial charge >= 0.3 is 0 Å². The van der Waals surface area contributed by atoms with Crippen LogP contribution in [0.4, 0.5) is 0 Å². The molecule has 2 saturated carbocycles. The zero-order chi connectivity index (χ0) is 36.6. The summed E-state index contributed by atoms with van der Waals surface area (Å²) < 4.78 is 0. The standard InChI is InChI=1S/C36H44O12/c1-8-11-20(37)23-27(41)16(14-18-29(43)24(21(38)12-9-2)33(47)35(4,5)31(18)45)26(40)17(28(23)42)15-19-30(44)25(22(39)13-10-3)34(48)36(6,7)32(19)46/h18-19,24-25,40-42H,8-15H2,1-7H3/t18-,19-,24+,25+/m1/s1. The Balaban J connectivity index is 2.25. The molecule has 2 fully saturated rings. The smallest absolute Gasteiger partial charge is 0.170 e. The second-order valence-electron chi connectivity index (χ2n) is 13.9. The Bertz CT molecular complexity index is 1520. The maximum absolute atomic E-state index is 13.6. The number of phenols is 3. The van der Waals surface area contributed by atoms with Crippen LogP contribution < -0.4 is 0 Å². The fraction of sp³-hybridized carbons (Fsp3) is 0.583. The number of carbonyl (C=O) groups excluding carboxylic acids is 9. The first-order valence-corrected chi connectivity index (χ1v) is 16.4. The predicted octanol–water partition coefficient (Wildman–Crippen LogP) is 3.57. The van der Waals surface area contributed by atoms with Crippen molar-refractivity contribution in [1.29, 1.82) is 0 Å². The summed E-state index contributed by atoms with van der Waals surface area (Å²) in [5.41, 5.74) is -5.38. The van der Waals surface area contributed by atoms with Gasteiger partial charge in [0, 0.05) is 30.4 Å². The summed E-state index contributed by atoms with van der Waals surface area (Å²) in [6.45, 7) is 10.1. The molecular weight excluding hydrogens is 624 g/mol. The molecule has 0 bridgehead atoms. The minimum absolute atomic E-state index is 0.112. The fourth-order valence-corrected chi connectivity index (χ4v) is 6.76. The van der Waals surface area contributed by atoms with Gasteiger partial charge in [0.05, 0.1) is 22.7 Å². The lowest BCUT2D eigenvalue weighted by molar-refractivity contribution is -0.159. The maximum atomic E-state index is 13.6. The molecule has 48 heavy (non-hydrogen) atoms. The van der Waals surface area contributed by atoms with Gasteiger partial charge in [-0.3, -0.25) is 43.2 Å². The van der Waals surface area contributed by atoms with E-state index in [1.807, 2.05) is 0 Å². The Morgan fingerprint density at radius 1 is 0.542 bits per heavy atom. The number of aromatic hydroxyl groups is 3. The summed E-state index contributed by atoms with van der Waals surface area (Å²) >= 11 is 0. The number of hydrogen-bond acceptors (Lipinski definition) is 12. The second kappa shape index (κ2) is 14.0. The average molecular weight is 669 g/mol. The molecule has 0 unspecified atom stereocenters. The SMILES string of the molecule is CCCC(=O)c1c(O)c(C[C@@H]2C(=O)[C@H](C(=O)CCC)C(=O)C(C)(C)C2=O)c(O)c(C[C@@H]2C(=O)[C@H](C(=O)CCC)C(=O)C(C)(C)C2=O)c1O. The minimum Gasteiger partial charge on any atom is -0.507 e. The highest BCUT2D eigenvalue weighted by Gasteiger charge is 2.57. The maximum Gasteiger partial charge on any atom is 0.170 e. The first-order valence-electron chi connectivity index (χ1n) is 16.4. The first kappa shape index (κ1) is 38.1. The molecule has 2 aliphatic carbocycles. The van der Waals surface area contributed by atoms with Crippen LogP contribution in [-0.4, -0.2) is 67.4 Å². The second-order valence-corrected chi connectivity index (χ2v) is 13.9. The van der Waals surface area contributed by atoms with Gasteiger partial charge in [0.15, 0.2) is 52.0 Å². The highest BCUT2D eigenvalue weighted by atomic mass is 16.3. The Kier molecular flexibility index (Phi) is 11.1. The third-order valence-corrected chi connectivity index (χ3v) is 9.70. The molecule has 0 saturated heterocycles. The van der Waals surface area contributed by atoms with Gasteiger partial charge in [0.2, 0.25) is 0 Å². The normalized spacial score (nSPS) is 23.8. The van der Waals surface area contributed by atoms with E-state index >= 15 is 0 Å². The van der Waals surface area contributed by atoms with Crippen molar-refractivity contribution in [3.05, 3.63) is 16.7 Å². The highest BCUT2D eigenvalue weighted by molar-refractivity contribution is 6.34. The van der Waals surface area contributed by atoms with Gasteiger partial charge in [-0.05, 0) is 59.8 Å². The molecule has 1 aromatic carbocycles. The number of carbonyl (C=O) groups is 9. The number of rotatable bonds is 13. The number of benzene rings is 1. The molecule has 12 heteroatoms. The quantitative estimate of drug-likeness (QED) is 0.203. The van der Waals surface area contributed by atoms with Gasteiger partial charge in [-0.2, -0.15) is 0 Å². The van der Waals surface area contributed by atoms with E-state index in [-0.39, 0.29) is 25.7 Å². The third-order valence-electron chi connectivity index (χ3n) is 9.70. The van der Waals surface area contributed by atoms with E-state index in [0.29, 0.717) is 12.8 Å². The van der Waals surface area contributed by atoms with E-state index in [0.717, 1.165) is 0 Å². The Hall–Kier alpha value is -4.35. The number of ketones is 9. The largest absolute Gasteiger partial charge is 0.507 e. The zero-order valence-corrected chi connectivity index (χ0v) is 28.5. The van der Waals surface area contributed by atoms with Gasteiger partial charge in [0.25, 0.3) is 0 Å². The van der Waals surface area contributed by atoms with Crippen molar-refractivity contribution in [3.8, 4) is 17.2 Å². The van der Waals surface area contributed by atoms with Crippen molar-refractivity contribution in [2.24, 2.45) is 34.5 Å². The summed E-state index contributed by atoms with van der Waals surface area (Å²) in [4.78, 5) is 120. The van der Waals surface area contributed by atoms with Gasteiger partial charge in [0.1, 0.15) is 34.6 Å². The monoisotopic (exact) mass is 668 g/mol. The van der Waals surface area contributed by atoms with Crippen molar-refractivity contribution in [1.82, 2.24) is 0 Å². The van der Waals surface area contributed by atoms with Crippen LogP contribution >= 0.6 is 0 Å². The van der Waals surface area contributed by atoms with E-state index in [9.17, 15) is 58.5 Å². The molecule has 0 aromatic heterocycles.